The average molecular weight is 528 g/mol. The van der Waals surface area contributed by atoms with Crippen molar-refractivity contribution in [3.8, 4) is 5.75 Å². The molecule has 37 heavy (non-hydrogen) atoms. The number of amides is 1. The summed E-state index contributed by atoms with van der Waals surface area (Å²) in [7, 11) is -3.75. The van der Waals surface area contributed by atoms with Gasteiger partial charge in [-0.2, -0.15) is 0 Å². The van der Waals surface area contributed by atoms with Crippen LogP contribution in [0.25, 0.3) is 0 Å². The summed E-state index contributed by atoms with van der Waals surface area (Å²) in [6.07, 6.45) is 0.104. The number of carbonyl (C=O) groups excluding carboxylic acids is 1. The first-order valence-corrected chi connectivity index (χ1v) is 13.4. The SMILES string of the molecule is C[C@H](Cc1cccc(CC(=O)NCc2ccc(S(N)(=O)=O)cc2)c1)NC[C@@H](O)c1ccc(O)c(CO)c1. The number of nitrogens with two attached hydrogens (primary N) is 1. The van der Waals surface area contributed by atoms with Crippen LogP contribution in [-0.2, 0) is 40.8 Å². The van der Waals surface area contributed by atoms with Gasteiger partial charge in [-0.25, -0.2) is 13.6 Å². The monoisotopic (exact) mass is 527 g/mol. The van der Waals surface area contributed by atoms with Crippen LogP contribution in [0.2, 0.25) is 0 Å². The lowest BCUT2D eigenvalue weighted by molar-refractivity contribution is -0.120. The van der Waals surface area contributed by atoms with Gasteiger partial charge >= 0.3 is 0 Å². The van der Waals surface area contributed by atoms with Crippen LogP contribution in [-0.4, -0.2) is 42.2 Å². The lowest BCUT2D eigenvalue weighted by atomic mass is 10.0. The van der Waals surface area contributed by atoms with Crippen molar-refractivity contribution in [1.29, 1.82) is 0 Å². The summed E-state index contributed by atoms with van der Waals surface area (Å²) < 4.78 is 22.7. The largest absolute Gasteiger partial charge is 0.508 e. The van der Waals surface area contributed by atoms with Gasteiger partial charge < -0.3 is 26.0 Å². The van der Waals surface area contributed by atoms with Gasteiger partial charge in [-0.05, 0) is 59.9 Å². The maximum Gasteiger partial charge on any atom is 0.238 e. The van der Waals surface area contributed by atoms with Crippen LogP contribution in [0.1, 0.15) is 40.8 Å². The standard InChI is InChI=1S/C27H33N3O6S/c1-18(29-16-26(33)22-7-10-25(32)23(14-22)17-31)11-20-3-2-4-21(12-20)13-27(34)30-15-19-5-8-24(9-6-19)37(28,35)36/h2-10,12,14,18,26,29,31-33H,11,13,15-17H2,1H3,(H,30,34)(H2,28,35,36)/t18-,26-/m1/s1. The summed E-state index contributed by atoms with van der Waals surface area (Å²) >= 11 is 0. The normalized spacial score (nSPS) is 13.2. The molecule has 0 fully saturated rings. The second-order valence-electron chi connectivity index (χ2n) is 9.04. The molecule has 3 aromatic rings. The van der Waals surface area contributed by atoms with Crippen molar-refractivity contribution in [2.75, 3.05) is 6.54 Å². The van der Waals surface area contributed by atoms with Crippen molar-refractivity contribution in [2.45, 2.75) is 50.0 Å². The van der Waals surface area contributed by atoms with Crippen LogP contribution in [0.3, 0.4) is 0 Å². The first-order valence-electron chi connectivity index (χ1n) is 11.9. The van der Waals surface area contributed by atoms with Crippen LogP contribution < -0.4 is 15.8 Å². The highest BCUT2D eigenvalue weighted by Gasteiger charge is 2.13. The quantitative estimate of drug-likeness (QED) is 0.209. The number of aliphatic hydroxyl groups is 2. The minimum atomic E-state index is -3.75. The average Bonchev–Trinajstić information content (AvgIpc) is 2.86. The highest BCUT2D eigenvalue weighted by Crippen LogP contribution is 2.22. The number of hydrogen-bond acceptors (Lipinski definition) is 7. The topological polar surface area (TPSA) is 162 Å². The number of benzene rings is 3. The molecule has 7 N–H and O–H groups in total. The van der Waals surface area contributed by atoms with E-state index in [9.17, 15) is 28.5 Å². The summed E-state index contributed by atoms with van der Waals surface area (Å²) in [6, 6.07) is 18.5. The molecule has 0 heterocycles. The van der Waals surface area contributed by atoms with Crippen molar-refractivity contribution in [1.82, 2.24) is 10.6 Å². The third-order valence-electron chi connectivity index (χ3n) is 5.96. The number of rotatable bonds is 12. The molecular formula is C27H33N3O6S. The van der Waals surface area contributed by atoms with E-state index >= 15 is 0 Å². The molecule has 9 nitrogen and oxygen atoms in total. The van der Waals surface area contributed by atoms with Crippen molar-refractivity contribution >= 4 is 15.9 Å². The van der Waals surface area contributed by atoms with Crippen LogP contribution in [0.5, 0.6) is 5.75 Å². The Hall–Kier alpha value is -3.28. The van der Waals surface area contributed by atoms with Crippen LogP contribution >= 0.6 is 0 Å². The molecule has 2 atom stereocenters. The highest BCUT2D eigenvalue weighted by molar-refractivity contribution is 7.89. The lowest BCUT2D eigenvalue weighted by Gasteiger charge is -2.18. The third-order valence-corrected chi connectivity index (χ3v) is 6.89. The molecule has 0 aromatic heterocycles. The lowest BCUT2D eigenvalue weighted by Crippen LogP contribution is -2.32. The Morgan fingerprint density at radius 1 is 1.00 bits per heavy atom. The molecule has 3 rings (SSSR count). The van der Waals surface area contributed by atoms with E-state index in [4.69, 9.17) is 5.14 Å². The molecule has 10 heteroatoms. The van der Waals surface area contributed by atoms with Crippen molar-refractivity contribution < 1.29 is 28.5 Å². The first-order chi connectivity index (χ1) is 17.5. The molecule has 0 saturated carbocycles. The summed E-state index contributed by atoms with van der Waals surface area (Å²) in [4.78, 5) is 12.4. The molecule has 0 aliphatic carbocycles. The molecule has 0 aliphatic rings. The fourth-order valence-electron chi connectivity index (χ4n) is 3.91. The Morgan fingerprint density at radius 2 is 1.70 bits per heavy atom. The van der Waals surface area contributed by atoms with E-state index < -0.39 is 16.1 Å². The molecule has 0 unspecified atom stereocenters. The zero-order valence-corrected chi connectivity index (χ0v) is 21.4. The van der Waals surface area contributed by atoms with Gasteiger partial charge in [0, 0.05) is 24.7 Å². The summed E-state index contributed by atoms with van der Waals surface area (Å²) in [5.41, 5.74) is 3.65. The van der Waals surface area contributed by atoms with Gasteiger partial charge in [0.2, 0.25) is 15.9 Å². The fourth-order valence-corrected chi connectivity index (χ4v) is 4.42. The molecule has 0 spiro atoms. The van der Waals surface area contributed by atoms with E-state index in [1.165, 1.54) is 18.2 Å². The van der Waals surface area contributed by atoms with E-state index in [2.05, 4.69) is 10.6 Å². The summed E-state index contributed by atoms with van der Waals surface area (Å²) in [5, 5.41) is 40.7. The number of phenols is 1. The highest BCUT2D eigenvalue weighted by atomic mass is 32.2. The van der Waals surface area contributed by atoms with E-state index in [1.807, 2.05) is 31.2 Å². The van der Waals surface area contributed by atoms with Crippen molar-refractivity contribution in [2.24, 2.45) is 5.14 Å². The van der Waals surface area contributed by atoms with Gasteiger partial charge in [0.15, 0.2) is 0 Å². The number of hydrogen-bond donors (Lipinski definition) is 6. The second-order valence-corrected chi connectivity index (χ2v) is 10.6. The molecule has 0 aliphatic heterocycles. The molecule has 0 bridgehead atoms. The minimum Gasteiger partial charge on any atom is -0.508 e. The van der Waals surface area contributed by atoms with E-state index in [0.29, 0.717) is 24.1 Å². The van der Waals surface area contributed by atoms with E-state index in [1.54, 1.807) is 24.3 Å². The summed E-state index contributed by atoms with van der Waals surface area (Å²) in [6.45, 7) is 2.27. The van der Waals surface area contributed by atoms with Gasteiger partial charge in [0.25, 0.3) is 0 Å². The fraction of sp³-hybridized carbons (Fsp3) is 0.296. The number of aromatic hydroxyl groups is 1. The zero-order chi connectivity index (χ0) is 27.0. The van der Waals surface area contributed by atoms with Gasteiger partial charge in [-0.3, -0.25) is 4.79 Å². The van der Waals surface area contributed by atoms with Crippen LogP contribution in [0.15, 0.2) is 71.6 Å². The maximum atomic E-state index is 12.4. The molecule has 198 valence electrons. The maximum absolute atomic E-state index is 12.4. The zero-order valence-electron chi connectivity index (χ0n) is 20.6. The Labute approximate surface area is 217 Å². The number of primary sulfonamides is 1. The molecule has 3 aromatic carbocycles. The molecule has 1 amide bonds. The van der Waals surface area contributed by atoms with E-state index in [-0.39, 0.29) is 42.2 Å². The predicted molar refractivity (Wildman–Crippen MR) is 140 cm³/mol. The van der Waals surface area contributed by atoms with Crippen molar-refractivity contribution in [3.63, 3.8) is 0 Å². The van der Waals surface area contributed by atoms with Crippen molar-refractivity contribution in [3.05, 3.63) is 94.5 Å². The Bertz CT molecular complexity index is 1310. The van der Waals surface area contributed by atoms with Gasteiger partial charge in [-0.15, -0.1) is 0 Å². The second kappa shape index (κ2) is 12.8. The molecular weight excluding hydrogens is 494 g/mol. The Balaban J connectivity index is 1.47. The number of carbonyl (C=O) groups is 1. The van der Waals surface area contributed by atoms with E-state index in [0.717, 1.165) is 16.7 Å². The van der Waals surface area contributed by atoms with Crippen LogP contribution in [0, 0.1) is 0 Å². The van der Waals surface area contributed by atoms with Gasteiger partial charge in [0.05, 0.1) is 24.0 Å². The Morgan fingerprint density at radius 3 is 2.38 bits per heavy atom. The molecule has 0 saturated heterocycles. The van der Waals surface area contributed by atoms with Crippen LogP contribution in [0.4, 0.5) is 0 Å². The predicted octanol–water partition coefficient (Wildman–Crippen LogP) is 1.65. The number of nitrogens with one attached hydrogen (secondary N) is 2. The number of sulfonamides is 1. The van der Waals surface area contributed by atoms with Gasteiger partial charge in [-0.1, -0.05) is 42.5 Å². The van der Waals surface area contributed by atoms with Gasteiger partial charge in [0.1, 0.15) is 5.75 Å². The minimum absolute atomic E-state index is 0.00728. The smallest absolute Gasteiger partial charge is 0.238 e. The first kappa shape index (κ1) is 28.3. The summed E-state index contributed by atoms with van der Waals surface area (Å²) in [5.74, 6) is -0.162. The number of aliphatic hydroxyl groups excluding tert-OH is 2. The third kappa shape index (κ3) is 8.66. The molecule has 0 radical (unpaired) electrons. The Kier molecular flexibility index (Phi) is 9.79.